The lowest BCUT2D eigenvalue weighted by Gasteiger charge is -2.31. The third-order valence-corrected chi connectivity index (χ3v) is 6.18. The molecule has 2 aliphatic rings. The van der Waals surface area contributed by atoms with Gasteiger partial charge >= 0.3 is 0 Å². The smallest absolute Gasteiger partial charge is 0.251 e. The molecule has 2 aliphatic carbocycles. The van der Waals surface area contributed by atoms with Gasteiger partial charge in [-0.3, -0.25) is 9.89 Å². The van der Waals surface area contributed by atoms with Crippen LogP contribution in [-0.2, 0) is 0 Å². The second-order valence-corrected chi connectivity index (χ2v) is 8.11. The highest BCUT2D eigenvalue weighted by molar-refractivity contribution is 5.97. The standard InChI is InChI=1S/C21H30N4O/c26-21(16-8-11-20-17(12-16)14-23-25-20)24-19-9-6-15(7-10-19)13-22-18-4-2-1-3-5-18/h8,11-12,14-15,18-19,22H,1-7,9-10,13H2,(H,23,25)(H,24,26)/t15-,19-. The lowest BCUT2D eigenvalue weighted by molar-refractivity contribution is 0.0921. The minimum atomic E-state index is 0.0388. The maximum absolute atomic E-state index is 12.5. The van der Waals surface area contributed by atoms with Gasteiger partial charge in [0.25, 0.3) is 5.91 Å². The fraction of sp³-hybridized carbons (Fsp3) is 0.619. The first-order chi connectivity index (χ1) is 12.8. The summed E-state index contributed by atoms with van der Waals surface area (Å²) in [6, 6.07) is 6.77. The number of nitrogens with one attached hydrogen (secondary N) is 3. The number of carbonyl (C=O) groups excluding carboxylic acids is 1. The van der Waals surface area contributed by atoms with Crippen molar-refractivity contribution in [2.45, 2.75) is 69.9 Å². The van der Waals surface area contributed by atoms with E-state index in [1.54, 1.807) is 6.20 Å². The van der Waals surface area contributed by atoms with E-state index in [0.29, 0.717) is 6.04 Å². The first-order valence-electron chi connectivity index (χ1n) is 10.3. The van der Waals surface area contributed by atoms with Gasteiger partial charge in [-0.25, -0.2) is 0 Å². The SMILES string of the molecule is O=C(N[C@H]1CC[C@H](CNC2CCCCC2)CC1)c1ccc2[nH]ncc2c1. The predicted octanol–water partition coefficient (Wildman–Crippen LogP) is 3.77. The Morgan fingerprint density at radius 1 is 1.04 bits per heavy atom. The summed E-state index contributed by atoms with van der Waals surface area (Å²) in [6.07, 6.45) is 13.3. The molecule has 2 aromatic rings. The van der Waals surface area contributed by atoms with E-state index in [1.807, 2.05) is 18.2 Å². The third kappa shape index (κ3) is 4.26. The van der Waals surface area contributed by atoms with Gasteiger partial charge in [-0.2, -0.15) is 5.10 Å². The van der Waals surface area contributed by atoms with Gasteiger partial charge in [0, 0.05) is 23.0 Å². The van der Waals surface area contributed by atoms with Crippen LogP contribution >= 0.6 is 0 Å². The van der Waals surface area contributed by atoms with Crippen LogP contribution in [0.5, 0.6) is 0 Å². The van der Waals surface area contributed by atoms with Crippen molar-refractivity contribution in [3.05, 3.63) is 30.0 Å². The van der Waals surface area contributed by atoms with Crippen molar-refractivity contribution in [1.29, 1.82) is 0 Å². The van der Waals surface area contributed by atoms with E-state index in [0.717, 1.165) is 47.8 Å². The molecule has 140 valence electrons. The molecule has 3 N–H and O–H groups in total. The Morgan fingerprint density at radius 3 is 2.65 bits per heavy atom. The minimum absolute atomic E-state index is 0.0388. The molecule has 1 heterocycles. The zero-order valence-corrected chi connectivity index (χ0v) is 15.5. The molecule has 0 unspecified atom stereocenters. The van der Waals surface area contributed by atoms with E-state index >= 15 is 0 Å². The Kier molecular flexibility index (Phi) is 5.54. The van der Waals surface area contributed by atoms with Gasteiger partial charge in [-0.1, -0.05) is 19.3 Å². The van der Waals surface area contributed by atoms with Crippen molar-refractivity contribution in [3.8, 4) is 0 Å². The van der Waals surface area contributed by atoms with Crippen molar-refractivity contribution in [2.75, 3.05) is 6.54 Å². The Labute approximate surface area is 155 Å². The Balaban J connectivity index is 1.22. The number of carbonyl (C=O) groups is 1. The van der Waals surface area contributed by atoms with Crippen LogP contribution in [0.3, 0.4) is 0 Å². The number of nitrogens with zero attached hydrogens (tertiary/aromatic N) is 1. The lowest BCUT2D eigenvalue weighted by Crippen LogP contribution is -2.40. The molecule has 2 saturated carbocycles. The number of rotatable bonds is 5. The minimum Gasteiger partial charge on any atom is -0.349 e. The Morgan fingerprint density at radius 2 is 1.85 bits per heavy atom. The van der Waals surface area contributed by atoms with Crippen molar-refractivity contribution < 1.29 is 4.79 Å². The molecule has 0 bridgehead atoms. The number of H-pyrrole nitrogens is 1. The lowest BCUT2D eigenvalue weighted by atomic mass is 9.85. The molecule has 1 amide bonds. The van der Waals surface area contributed by atoms with E-state index in [9.17, 15) is 4.79 Å². The molecule has 2 fully saturated rings. The molecule has 0 spiro atoms. The highest BCUT2D eigenvalue weighted by atomic mass is 16.1. The van der Waals surface area contributed by atoms with Crippen molar-refractivity contribution in [3.63, 3.8) is 0 Å². The molecule has 5 nitrogen and oxygen atoms in total. The summed E-state index contributed by atoms with van der Waals surface area (Å²) in [5.41, 5.74) is 1.69. The fourth-order valence-corrected chi connectivity index (χ4v) is 4.50. The summed E-state index contributed by atoms with van der Waals surface area (Å²) in [5, 5.41) is 14.9. The summed E-state index contributed by atoms with van der Waals surface area (Å²) < 4.78 is 0. The average molecular weight is 354 g/mol. The number of aromatic amines is 1. The maximum Gasteiger partial charge on any atom is 0.251 e. The van der Waals surface area contributed by atoms with Crippen LogP contribution in [0.1, 0.15) is 68.1 Å². The quantitative estimate of drug-likeness (QED) is 0.765. The number of hydrogen-bond acceptors (Lipinski definition) is 3. The molecule has 0 aliphatic heterocycles. The van der Waals surface area contributed by atoms with Gasteiger partial charge in [0.2, 0.25) is 0 Å². The normalized spacial score (nSPS) is 24.6. The van der Waals surface area contributed by atoms with Gasteiger partial charge in [-0.05, 0) is 69.2 Å². The molecule has 4 rings (SSSR count). The van der Waals surface area contributed by atoms with Crippen LogP contribution in [-0.4, -0.2) is 34.7 Å². The Hall–Kier alpha value is -1.88. The highest BCUT2D eigenvalue weighted by Crippen LogP contribution is 2.25. The molecular weight excluding hydrogens is 324 g/mol. The van der Waals surface area contributed by atoms with Crippen molar-refractivity contribution in [1.82, 2.24) is 20.8 Å². The molecule has 1 aromatic carbocycles. The molecule has 5 heteroatoms. The summed E-state index contributed by atoms with van der Waals surface area (Å²) in [4.78, 5) is 12.5. The van der Waals surface area contributed by atoms with Gasteiger partial charge in [0.15, 0.2) is 0 Å². The first-order valence-corrected chi connectivity index (χ1v) is 10.3. The molecule has 0 saturated heterocycles. The molecule has 26 heavy (non-hydrogen) atoms. The highest BCUT2D eigenvalue weighted by Gasteiger charge is 2.24. The van der Waals surface area contributed by atoms with E-state index in [2.05, 4.69) is 20.8 Å². The van der Waals surface area contributed by atoms with E-state index < -0.39 is 0 Å². The molecule has 1 aromatic heterocycles. The van der Waals surface area contributed by atoms with Crippen molar-refractivity contribution in [2.24, 2.45) is 5.92 Å². The monoisotopic (exact) mass is 354 g/mol. The summed E-state index contributed by atoms with van der Waals surface area (Å²) in [7, 11) is 0. The molecule has 0 radical (unpaired) electrons. The van der Waals surface area contributed by atoms with Gasteiger partial charge < -0.3 is 10.6 Å². The number of amides is 1. The van der Waals surface area contributed by atoms with E-state index in [-0.39, 0.29) is 5.91 Å². The topological polar surface area (TPSA) is 69.8 Å². The van der Waals surface area contributed by atoms with Crippen LogP contribution in [0.4, 0.5) is 0 Å². The van der Waals surface area contributed by atoms with Crippen LogP contribution in [0.15, 0.2) is 24.4 Å². The number of fused-ring (bicyclic) bond motifs is 1. The number of benzene rings is 1. The summed E-state index contributed by atoms with van der Waals surface area (Å²) in [5.74, 6) is 0.809. The number of hydrogen-bond donors (Lipinski definition) is 3. The second-order valence-electron chi connectivity index (χ2n) is 8.11. The molecular formula is C21H30N4O. The van der Waals surface area contributed by atoms with Crippen LogP contribution < -0.4 is 10.6 Å². The van der Waals surface area contributed by atoms with Crippen LogP contribution in [0.2, 0.25) is 0 Å². The zero-order chi connectivity index (χ0) is 17.8. The van der Waals surface area contributed by atoms with Crippen molar-refractivity contribution >= 4 is 16.8 Å². The summed E-state index contributed by atoms with van der Waals surface area (Å²) in [6.45, 7) is 1.16. The van der Waals surface area contributed by atoms with Crippen LogP contribution in [0.25, 0.3) is 10.9 Å². The maximum atomic E-state index is 12.5. The molecule has 0 atom stereocenters. The predicted molar refractivity (Wildman–Crippen MR) is 104 cm³/mol. The largest absolute Gasteiger partial charge is 0.349 e. The summed E-state index contributed by atoms with van der Waals surface area (Å²) >= 11 is 0. The zero-order valence-electron chi connectivity index (χ0n) is 15.5. The number of aromatic nitrogens is 2. The third-order valence-electron chi connectivity index (χ3n) is 6.18. The first kappa shape index (κ1) is 17.5. The average Bonchev–Trinajstić information content (AvgIpc) is 3.16. The second kappa shape index (κ2) is 8.21. The van der Waals surface area contributed by atoms with Gasteiger partial charge in [-0.15, -0.1) is 0 Å². The Bertz CT molecular complexity index is 726. The van der Waals surface area contributed by atoms with Gasteiger partial charge in [0.1, 0.15) is 0 Å². The fourth-order valence-electron chi connectivity index (χ4n) is 4.50. The van der Waals surface area contributed by atoms with E-state index in [1.165, 1.54) is 44.9 Å². The van der Waals surface area contributed by atoms with E-state index in [4.69, 9.17) is 0 Å². The van der Waals surface area contributed by atoms with Gasteiger partial charge in [0.05, 0.1) is 11.7 Å². The van der Waals surface area contributed by atoms with Crippen LogP contribution in [0, 0.1) is 5.92 Å².